The van der Waals surface area contributed by atoms with Crippen LogP contribution < -0.4 is 5.32 Å². The first-order valence-electron chi connectivity index (χ1n) is 7.89. The lowest BCUT2D eigenvalue weighted by Gasteiger charge is -2.26. The number of carbonyl (C=O) groups excluding carboxylic acids is 1. The zero-order valence-electron chi connectivity index (χ0n) is 12.1. The van der Waals surface area contributed by atoms with Crippen LogP contribution >= 0.6 is 0 Å². The van der Waals surface area contributed by atoms with Crippen LogP contribution in [-0.2, 0) is 9.59 Å². The molecule has 1 saturated heterocycles. The molecule has 0 radical (unpaired) electrons. The van der Waals surface area contributed by atoms with E-state index in [1.165, 1.54) is 32.4 Å². The second kappa shape index (κ2) is 7.62. The summed E-state index contributed by atoms with van der Waals surface area (Å²) in [6.07, 6.45) is 6.79. The van der Waals surface area contributed by atoms with E-state index in [1.807, 2.05) is 0 Å². The summed E-state index contributed by atoms with van der Waals surface area (Å²) in [5, 5.41) is 11.9. The molecule has 0 aromatic carbocycles. The van der Waals surface area contributed by atoms with Crippen LogP contribution in [0.25, 0.3) is 0 Å². The van der Waals surface area contributed by atoms with E-state index in [9.17, 15) is 9.59 Å². The molecule has 0 unspecified atom stereocenters. The molecular weight excluding hydrogens is 256 g/mol. The van der Waals surface area contributed by atoms with Crippen LogP contribution in [0.1, 0.15) is 44.9 Å². The van der Waals surface area contributed by atoms with Gasteiger partial charge in [0.05, 0.1) is 5.92 Å². The molecular formula is C15H26N2O3. The maximum atomic E-state index is 11.9. The lowest BCUT2D eigenvalue weighted by molar-refractivity contribution is -0.141. The lowest BCUT2D eigenvalue weighted by Crippen LogP contribution is -2.35. The van der Waals surface area contributed by atoms with Gasteiger partial charge in [0.2, 0.25) is 5.91 Å². The second-order valence-electron chi connectivity index (χ2n) is 6.09. The van der Waals surface area contributed by atoms with E-state index in [4.69, 9.17) is 5.11 Å². The van der Waals surface area contributed by atoms with Crippen molar-refractivity contribution in [2.75, 3.05) is 26.2 Å². The molecule has 1 aliphatic heterocycles. The fourth-order valence-corrected chi connectivity index (χ4v) is 3.29. The largest absolute Gasteiger partial charge is 0.481 e. The van der Waals surface area contributed by atoms with Gasteiger partial charge in [-0.15, -0.1) is 0 Å². The molecule has 1 saturated carbocycles. The van der Waals surface area contributed by atoms with E-state index in [-0.39, 0.29) is 17.7 Å². The fourth-order valence-electron chi connectivity index (χ4n) is 3.29. The molecule has 1 heterocycles. The van der Waals surface area contributed by atoms with Gasteiger partial charge < -0.3 is 15.3 Å². The first kappa shape index (κ1) is 15.3. The Kier molecular flexibility index (Phi) is 5.83. The number of nitrogens with zero attached hydrogens (tertiary/aromatic N) is 1. The number of rotatable bonds is 6. The number of carboxylic acid groups (broad SMARTS) is 1. The number of amides is 1. The van der Waals surface area contributed by atoms with Crippen molar-refractivity contribution in [2.24, 2.45) is 11.8 Å². The molecule has 0 bridgehead atoms. The second-order valence-corrected chi connectivity index (χ2v) is 6.09. The number of carbonyl (C=O) groups is 2. The summed E-state index contributed by atoms with van der Waals surface area (Å²) in [4.78, 5) is 25.3. The Morgan fingerprint density at radius 2 is 1.80 bits per heavy atom. The molecule has 5 nitrogen and oxygen atoms in total. The summed E-state index contributed by atoms with van der Waals surface area (Å²) in [5.41, 5.74) is 0. The molecule has 114 valence electrons. The number of nitrogens with one attached hydrogen (secondary N) is 1. The monoisotopic (exact) mass is 282 g/mol. The Hall–Kier alpha value is -1.10. The van der Waals surface area contributed by atoms with Crippen molar-refractivity contribution in [1.29, 1.82) is 0 Å². The zero-order valence-corrected chi connectivity index (χ0v) is 12.1. The number of aliphatic carboxylic acids is 1. The number of carboxylic acids is 1. The Morgan fingerprint density at radius 3 is 2.45 bits per heavy atom. The highest BCUT2D eigenvalue weighted by molar-refractivity contribution is 5.80. The third-order valence-corrected chi connectivity index (χ3v) is 4.55. The van der Waals surface area contributed by atoms with Crippen LogP contribution in [0.3, 0.4) is 0 Å². The van der Waals surface area contributed by atoms with Crippen molar-refractivity contribution in [3.8, 4) is 0 Å². The van der Waals surface area contributed by atoms with Crippen LogP contribution in [0, 0.1) is 11.8 Å². The average Bonchev–Trinajstić information content (AvgIpc) is 2.94. The van der Waals surface area contributed by atoms with Gasteiger partial charge in [0.25, 0.3) is 0 Å². The third-order valence-electron chi connectivity index (χ3n) is 4.55. The lowest BCUT2D eigenvalue weighted by atomic mass is 10.0. The topological polar surface area (TPSA) is 69.6 Å². The van der Waals surface area contributed by atoms with Gasteiger partial charge in [-0.1, -0.05) is 6.42 Å². The van der Waals surface area contributed by atoms with E-state index in [0.717, 1.165) is 19.4 Å². The number of hydrogen-bond donors (Lipinski definition) is 2. The molecule has 2 aliphatic rings. The van der Waals surface area contributed by atoms with E-state index in [0.29, 0.717) is 19.4 Å². The minimum atomic E-state index is -0.759. The van der Waals surface area contributed by atoms with Crippen molar-refractivity contribution < 1.29 is 14.7 Å². The molecule has 1 aliphatic carbocycles. The predicted octanol–water partition coefficient (Wildman–Crippen LogP) is 1.48. The predicted molar refractivity (Wildman–Crippen MR) is 76.4 cm³/mol. The molecule has 0 aromatic rings. The van der Waals surface area contributed by atoms with Crippen LogP contribution in [0.5, 0.6) is 0 Å². The Bertz CT molecular complexity index is 340. The highest BCUT2D eigenvalue weighted by atomic mass is 16.4. The van der Waals surface area contributed by atoms with Gasteiger partial charge in [-0.25, -0.2) is 0 Å². The van der Waals surface area contributed by atoms with Crippen LogP contribution in [0.4, 0.5) is 0 Å². The van der Waals surface area contributed by atoms with Crippen LogP contribution in [0.2, 0.25) is 0 Å². The smallest absolute Gasteiger partial charge is 0.306 e. The Balaban J connectivity index is 1.57. The highest BCUT2D eigenvalue weighted by Crippen LogP contribution is 2.31. The maximum absolute atomic E-state index is 11.9. The van der Waals surface area contributed by atoms with Crippen molar-refractivity contribution in [1.82, 2.24) is 10.2 Å². The van der Waals surface area contributed by atoms with Crippen molar-refractivity contribution in [3.63, 3.8) is 0 Å². The van der Waals surface area contributed by atoms with Crippen LogP contribution in [0.15, 0.2) is 0 Å². The van der Waals surface area contributed by atoms with Gasteiger partial charge in [-0.05, 0) is 58.2 Å². The van der Waals surface area contributed by atoms with Crippen molar-refractivity contribution >= 4 is 11.9 Å². The average molecular weight is 282 g/mol. The highest BCUT2D eigenvalue weighted by Gasteiger charge is 2.33. The van der Waals surface area contributed by atoms with E-state index >= 15 is 0 Å². The van der Waals surface area contributed by atoms with Crippen LogP contribution in [-0.4, -0.2) is 48.1 Å². The van der Waals surface area contributed by atoms with Gasteiger partial charge >= 0.3 is 5.97 Å². The standard InChI is InChI=1S/C15H26N2O3/c18-14(12-5-6-13(11-12)15(19)20)16-7-4-10-17-8-2-1-3-9-17/h12-13H,1-11H2,(H,16,18)(H,19,20)/t12-,13+/m1/s1. The minimum Gasteiger partial charge on any atom is -0.481 e. The summed E-state index contributed by atoms with van der Waals surface area (Å²) < 4.78 is 0. The molecule has 5 heteroatoms. The van der Waals surface area contributed by atoms with Gasteiger partial charge in [0.1, 0.15) is 0 Å². The molecule has 0 aromatic heterocycles. The van der Waals surface area contributed by atoms with Gasteiger partial charge in [0, 0.05) is 12.5 Å². The molecule has 1 amide bonds. The Morgan fingerprint density at radius 1 is 1.10 bits per heavy atom. The third kappa shape index (κ3) is 4.47. The summed E-state index contributed by atoms with van der Waals surface area (Å²) in [6, 6.07) is 0. The van der Waals surface area contributed by atoms with Gasteiger partial charge in [-0.3, -0.25) is 9.59 Å². The molecule has 2 rings (SSSR count). The van der Waals surface area contributed by atoms with Crippen molar-refractivity contribution in [3.05, 3.63) is 0 Å². The molecule has 2 atom stereocenters. The number of hydrogen-bond acceptors (Lipinski definition) is 3. The molecule has 2 fully saturated rings. The molecule has 2 N–H and O–H groups in total. The first-order chi connectivity index (χ1) is 9.66. The summed E-state index contributed by atoms with van der Waals surface area (Å²) in [6.45, 7) is 4.15. The molecule has 0 spiro atoms. The quantitative estimate of drug-likeness (QED) is 0.724. The molecule has 20 heavy (non-hydrogen) atoms. The van der Waals surface area contributed by atoms with Gasteiger partial charge in [0.15, 0.2) is 0 Å². The SMILES string of the molecule is O=C(O)[C@H]1CC[C@@H](C(=O)NCCCN2CCCCC2)C1. The van der Waals surface area contributed by atoms with Gasteiger partial charge in [-0.2, -0.15) is 0 Å². The number of likely N-dealkylation sites (tertiary alicyclic amines) is 1. The number of piperidine rings is 1. The Labute approximate surface area is 120 Å². The fraction of sp³-hybridized carbons (Fsp3) is 0.867. The van der Waals surface area contributed by atoms with Crippen molar-refractivity contribution in [2.45, 2.75) is 44.9 Å². The summed E-state index contributed by atoms with van der Waals surface area (Å²) in [7, 11) is 0. The zero-order chi connectivity index (χ0) is 14.4. The first-order valence-corrected chi connectivity index (χ1v) is 7.89. The van der Waals surface area contributed by atoms with E-state index in [2.05, 4.69) is 10.2 Å². The maximum Gasteiger partial charge on any atom is 0.306 e. The normalized spacial score (nSPS) is 27.4. The summed E-state index contributed by atoms with van der Waals surface area (Å²) in [5.74, 6) is -1.12. The van der Waals surface area contributed by atoms with E-state index in [1.54, 1.807) is 0 Å². The summed E-state index contributed by atoms with van der Waals surface area (Å²) >= 11 is 0. The van der Waals surface area contributed by atoms with E-state index < -0.39 is 5.97 Å². The minimum absolute atomic E-state index is 0.0485.